The van der Waals surface area contributed by atoms with Crippen molar-refractivity contribution in [2.24, 2.45) is 0 Å². The van der Waals surface area contributed by atoms with E-state index in [1.54, 1.807) is 27.7 Å². The van der Waals surface area contributed by atoms with Crippen LogP contribution in [0.4, 0.5) is 0 Å². The highest BCUT2D eigenvalue weighted by Gasteiger charge is 2.26. The third-order valence-electron chi connectivity index (χ3n) is 5.26. The van der Waals surface area contributed by atoms with Gasteiger partial charge >= 0.3 is 5.97 Å². The van der Waals surface area contributed by atoms with Crippen molar-refractivity contribution in [2.45, 2.75) is 39.8 Å². The average molecular weight is 414 g/mol. The van der Waals surface area contributed by atoms with Crippen molar-refractivity contribution in [3.05, 3.63) is 58.4 Å². The molecule has 3 rings (SSSR count). The van der Waals surface area contributed by atoms with Crippen LogP contribution in [0, 0.1) is 13.8 Å². The quantitative estimate of drug-likeness (QED) is 0.682. The molecular weight excluding hydrogens is 382 g/mol. The summed E-state index contributed by atoms with van der Waals surface area (Å²) in [6.07, 6.45) is -0.223. The number of ether oxygens (including phenoxy) is 2. The Morgan fingerprint density at radius 1 is 1.17 bits per heavy atom. The van der Waals surface area contributed by atoms with Gasteiger partial charge < -0.3 is 19.8 Å². The second-order valence-corrected chi connectivity index (χ2v) is 7.93. The van der Waals surface area contributed by atoms with Gasteiger partial charge in [0.1, 0.15) is 5.69 Å². The number of aryl methyl sites for hydroxylation is 1. The molecule has 7 nitrogen and oxygen atoms in total. The maximum absolute atomic E-state index is 13.2. The number of carbonyl (C=O) groups is 2. The lowest BCUT2D eigenvalue weighted by Gasteiger charge is -2.31. The first-order valence-electron chi connectivity index (χ1n) is 10.4. The van der Waals surface area contributed by atoms with Gasteiger partial charge in [0.2, 0.25) is 0 Å². The monoisotopic (exact) mass is 413 g/mol. The van der Waals surface area contributed by atoms with Crippen LogP contribution < -0.4 is 5.32 Å². The van der Waals surface area contributed by atoms with Gasteiger partial charge in [-0.2, -0.15) is 0 Å². The molecule has 0 radical (unpaired) electrons. The van der Waals surface area contributed by atoms with Crippen molar-refractivity contribution in [3.8, 4) is 0 Å². The fourth-order valence-electron chi connectivity index (χ4n) is 3.75. The molecule has 1 aliphatic rings. The van der Waals surface area contributed by atoms with Gasteiger partial charge in [-0.3, -0.25) is 9.69 Å². The predicted octanol–water partition coefficient (Wildman–Crippen LogP) is 3.00. The number of nitrogens with zero attached hydrogens (tertiary/aromatic N) is 1. The molecule has 1 unspecified atom stereocenters. The molecule has 0 aliphatic carbocycles. The van der Waals surface area contributed by atoms with Gasteiger partial charge in [-0.05, 0) is 38.8 Å². The van der Waals surface area contributed by atoms with Crippen molar-refractivity contribution in [1.29, 1.82) is 0 Å². The molecule has 162 valence electrons. The molecule has 1 aromatic heterocycles. The van der Waals surface area contributed by atoms with Crippen LogP contribution in [-0.4, -0.2) is 60.7 Å². The molecule has 1 aromatic carbocycles. The zero-order chi connectivity index (χ0) is 21.7. The number of H-pyrrole nitrogens is 1. The summed E-state index contributed by atoms with van der Waals surface area (Å²) in [5.74, 6) is -0.649. The fraction of sp³-hybridized carbons (Fsp3) is 0.478. The third-order valence-corrected chi connectivity index (χ3v) is 5.26. The van der Waals surface area contributed by atoms with Gasteiger partial charge in [-0.25, -0.2) is 4.79 Å². The summed E-state index contributed by atoms with van der Waals surface area (Å²) < 4.78 is 10.8. The SMILES string of the molecule is Cc1[nH]c(C(=O)NC(CN2CCOCC2)c2ccccc2)c(C)c1C(=O)OC(C)C. The van der Waals surface area contributed by atoms with Crippen LogP contribution in [0.2, 0.25) is 0 Å². The topological polar surface area (TPSA) is 83.7 Å². The zero-order valence-corrected chi connectivity index (χ0v) is 18.2. The summed E-state index contributed by atoms with van der Waals surface area (Å²) >= 11 is 0. The smallest absolute Gasteiger partial charge is 0.340 e. The Kier molecular flexibility index (Phi) is 7.29. The number of carbonyl (C=O) groups excluding carboxylic acids is 2. The molecule has 0 spiro atoms. The van der Waals surface area contributed by atoms with Crippen LogP contribution in [0.15, 0.2) is 30.3 Å². The Bertz CT molecular complexity index is 870. The molecule has 0 saturated carbocycles. The van der Waals surface area contributed by atoms with Crippen LogP contribution in [0.25, 0.3) is 0 Å². The van der Waals surface area contributed by atoms with E-state index in [1.807, 2.05) is 30.3 Å². The maximum Gasteiger partial charge on any atom is 0.340 e. The highest BCUT2D eigenvalue weighted by Crippen LogP contribution is 2.22. The van der Waals surface area contributed by atoms with Crippen molar-refractivity contribution < 1.29 is 19.1 Å². The molecule has 0 bridgehead atoms. The highest BCUT2D eigenvalue weighted by molar-refractivity contribution is 6.00. The summed E-state index contributed by atoms with van der Waals surface area (Å²) in [6, 6.07) is 9.76. The van der Waals surface area contributed by atoms with Crippen LogP contribution in [-0.2, 0) is 9.47 Å². The Hall–Kier alpha value is -2.64. The Morgan fingerprint density at radius 3 is 2.47 bits per heavy atom. The van der Waals surface area contributed by atoms with Crippen LogP contribution in [0.1, 0.15) is 57.6 Å². The van der Waals surface area contributed by atoms with Crippen LogP contribution in [0.5, 0.6) is 0 Å². The van der Waals surface area contributed by atoms with Gasteiger partial charge in [0.15, 0.2) is 0 Å². The second-order valence-electron chi connectivity index (χ2n) is 7.93. The summed E-state index contributed by atoms with van der Waals surface area (Å²) in [5.41, 5.74) is 3.10. The van der Waals surface area contributed by atoms with E-state index in [-0.39, 0.29) is 18.1 Å². The van der Waals surface area contributed by atoms with Crippen molar-refractivity contribution in [1.82, 2.24) is 15.2 Å². The number of aromatic amines is 1. The van der Waals surface area contributed by atoms with Crippen molar-refractivity contribution in [3.63, 3.8) is 0 Å². The van der Waals surface area contributed by atoms with Crippen LogP contribution >= 0.6 is 0 Å². The first kappa shape index (κ1) is 22.1. The van der Waals surface area contributed by atoms with Gasteiger partial charge in [-0.1, -0.05) is 30.3 Å². The molecule has 2 heterocycles. The molecule has 1 aliphatic heterocycles. The first-order valence-corrected chi connectivity index (χ1v) is 10.4. The molecular formula is C23H31N3O4. The number of aromatic nitrogens is 1. The Morgan fingerprint density at radius 2 is 1.83 bits per heavy atom. The van der Waals surface area contributed by atoms with E-state index in [2.05, 4.69) is 15.2 Å². The normalized spacial score (nSPS) is 15.8. The molecule has 2 N–H and O–H groups in total. The number of amides is 1. The molecule has 2 aromatic rings. The summed E-state index contributed by atoms with van der Waals surface area (Å²) in [4.78, 5) is 31.0. The minimum atomic E-state index is -0.414. The number of rotatable bonds is 7. The molecule has 1 amide bonds. The zero-order valence-electron chi connectivity index (χ0n) is 18.2. The highest BCUT2D eigenvalue weighted by atomic mass is 16.5. The van der Waals surface area contributed by atoms with E-state index in [0.717, 1.165) is 18.7 Å². The number of morpholine rings is 1. The van der Waals surface area contributed by atoms with Gasteiger partial charge in [0, 0.05) is 25.3 Å². The molecule has 7 heteroatoms. The largest absolute Gasteiger partial charge is 0.459 e. The van der Waals surface area contributed by atoms with Gasteiger partial charge in [0.05, 0.1) is 30.9 Å². The summed E-state index contributed by atoms with van der Waals surface area (Å²) in [6.45, 7) is 10.9. The predicted molar refractivity (Wildman–Crippen MR) is 115 cm³/mol. The van der Waals surface area contributed by atoms with E-state index in [4.69, 9.17) is 9.47 Å². The van der Waals surface area contributed by atoms with E-state index in [1.165, 1.54) is 0 Å². The maximum atomic E-state index is 13.2. The van der Waals surface area contributed by atoms with Crippen LogP contribution in [0.3, 0.4) is 0 Å². The summed E-state index contributed by atoms with van der Waals surface area (Å²) in [7, 11) is 0. The van der Waals surface area contributed by atoms with Crippen molar-refractivity contribution in [2.75, 3.05) is 32.8 Å². The minimum absolute atomic E-state index is 0.175. The lowest BCUT2D eigenvalue weighted by molar-refractivity contribution is 0.0332. The fourth-order valence-corrected chi connectivity index (χ4v) is 3.75. The number of benzene rings is 1. The number of nitrogens with one attached hydrogen (secondary N) is 2. The number of esters is 1. The van der Waals surface area contributed by atoms with E-state index in [0.29, 0.717) is 42.3 Å². The standard InChI is InChI=1S/C23H31N3O4/c1-15(2)30-23(28)20-16(3)21(24-17(20)4)22(27)25-19(18-8-6-5-7-9-18)14-26-10-12-29-13-11-26/h5-9,15,19,24H,10-14H2,1-4H3,(H,25,27). The van der Waals surface area contributed by atoms with E-state index >= 15 is 0 Å². The Balaban J connectivity index is 1.81. The molecule has 1 fully saturated rings. The Labute approximate surface area is 177 Å². The minimum Gasteiger partial charge on any atom is -0.459 e. The second kappa shape index (κ2) is 9.91. The molecule has 1 atom stereocenters. The van der Waals surface area contributed by atoms with E-state index in [9.17, 15) is 9.59 Å². The van der Waals surface area contributed by atoms with Crippen molar-refractivity contribution >= 4 is 11.9 Å². The third kappa shape index (κ3) is 5.29. The summed E-state index contributed by atoms with van der Waals surface area (Å²) in [5, 5.41) is 3.15. The number of hydrogen-bond donors (Lipinski definition) is 2. The van der Waals surface area contributed by atoms with Gasteiger partial charge in [-0.15, -0.1) is 0 Å². The number of hydrogen-bond acceptors (Lipinski definition) is 5. The molecule has 1 saturated heterocycles. The average Bonchev–Trinajstić information content (AvgIpc) is 3.02. The molecule has 30 heavy (non-hydrogen) atoms. The van der Waals surface area contributed by atoms with E-state index < -0.39 is 5.97 Å². The first-order chi connectivity index (χ1) is 14.4. The lowest BCUT2D eigenvalue weighted by Crippen LogP contribution is -2.43. The van der Waals surface area contributed by atoms with Gasteiger partial charge in [0.25, 0.3) is 5.91 Å². The lowest BCUT2D eigenvalue weighted by atomic mass is 10.1.